The molecule has 0 spiro atoms. The number of piperidine rings is 1. The monoisotopic (exact) mass is 348 g/mol. The van der Waals surface area contributed by atoms with Crippen molar-refractivity contribution < 1.29 is 27.1 Å². The predicted octanol–water partition coefficient (Wildman–Crippen LogP) is 0.616. The zero-order valence-corrected chi connectivity index (χ0v) is 13.4. The molecule has 1 heterocycles. The molecule has 1 amide bonds. The lowest BCUT2D eigenvalue weighted by Crippen LogP contribution is -2.52. The van der Waals surface area contributed by atoms with E-state index >= 15 is 0 Å². The second kappa shape index (κ2) is 6.50. The van der Waals surface area contributed by atoms with Gasteiger partial charge < -0.3 is 10.4 Å². The first kappa shape index (κ1) is 17.8. The molecular weight excluding hydrogens is 330 g/mol. The molecule has 1 unspecified atom stereocenters. The molecule has 1 aliphatic rings. The van der Waals surface area contributed by atoms with Crippen molar-refractivity contribution in [2.45, 2.75) is 29.8 Å². The van der Waals surface area contributed by atoms with Crippen LogP contribution >= 0.6 is 0 Å². The first-order valence-electron chi connectivity index (χ1n) is 7.06. The highest BCUT2D eigenvalue weighted by atomic mass is 32.2. The van der Waals surface area contributed by atoms with Crippen LogP contribution in [0.15, 0.2) is 23.1 Å². The lowest BCUT2D eigenvalue weighted by molar-refractivity contribution is -0.127. The smallest absolute Gasteiger partial charge is 0.243 e. The van der Waals surface area contributed by atoms with Crippen molar-refractivity contribution in [3.8, 4) is 0 Å². The van der Waals surface area contributed by atoms with Crippen molar-refractivity contribution in [3.05, 3.63) is 29.8 Å². The van der Waals surface area contributed by atoms with E-state index in [-0.39, 0.29) is 30.8 Å². The van der Waals surface area contributed by atoms with Gasteiger partial charge in [-0.3, -0.25) is 4.79 Å². The average Bonchev–Trinajstić information content (AvgIpc) is 2.49. The molecule has 2 N–H and O–H groups in total. The van der Waals surface area contributed by atoms with Crippen LogP contribution in [0.4, 0.5) is 8.78 Å². The highest BCUT2D eigenvalue weighted by Crippen LogP contribution is 2.29. The number of nitrogens with one attached hydrogen (secondary N) is 1. The van der Waals surface area contributed by atoms with Gasteiger partial charge in [0.05, 0.1) is 16.9 Å². The van der Waals surface area contributed by atoms with E-state index in [0.29, 0.717) is 12.5 Å². The molecule has 1 saturated heterocycles. The van der Waals surface area contributed by atoms with Crippen LogP contribution in [0.3, 0.4) is 0 Å². The molecule has 2 rings (SSSR count). The van der Waals surface area contributed by atoms with Crippen molar-refractivity contribution in [1.29, 1.82) is 0 Å². The second-order valence-corrected chi connectivity index (χ2v) is 7.53. The summed E-state index contributed by atoms with van der Waals surface area (Å²) in [4.78, 5) is 11.1. The number of rotatable bonds is 4. The maximum Gasteiger partial charge on any atom is 0.243 e. The second-order valence-electron chi connectivity index (χ2n) is 5.59. The normalized spacial score (nSPS) is 22.8. The molecule has 0 aromatic heterocycles. The van der Waals surface area contributed by atoms with Crippen molar-refractivity contribution in [2.24, 2.45) is 0 Å². The summed E-state index contributed by atoms with van der Waals surface area (Å²) in [6, 6.07) is 2.32. The van der Waals surface area contributed by atoms with Crippen molar-refractivity contribution in [2.75, 3.05) is 20.1 Å². The summed E-state index contributed by atoms with van der Waals surface area (Å²) in [5.74, 6) is -2.80. The van der Waals surface area contributed by atoms with Gasteiger partial charge in [0.25, 0.3) is 0 Å². The van der Waals surface area contributed by atoms with E-state index in [2.05, 4.69) is 5.32 Å². The van der Waals surface area contributed by atoms with Crippen molar-refractivity contribution in [3.63, 3.8) is 0 Å². The number of carbonyl (C=O) groups is 1. The van der Waals surface area contributed by atoms with E-state index < -0.39 is 33.2 Å². The number of hydrogen-bond donors (Lipinski definition) is 2. The summed E-state index contributed by atoms with van der Waals surface area (Å²) >= 11 is 0. The minimum absolute atomic E-state index is 0.136. The molecule has 0 saturated carbocycles. The summed E-state index contributed by atoms with van der Waals surface area (Å²) in [7, 11) is -2.66. The molecule has 1 aliphatic heterocycles. The van der Waals surface area contributed by atoms with Crippen LogP contribution < -0.4 is 5.32 Å². The minimum Gasteiger partial charge on any atom is -0.388 e. The molecule has 0 aliphatic carbocycles. The van der Waals surface area contributed by atoms with Crippen molar-refractivity contribution >= 4 is 15.9 Å². The molecule has 1 aromatic carbocycles. The Morgan fingerprint density at radius 1 is 1.39 bits per heavy atom. The highest BCUT2D eigenvalue weighted by Gasteiger charge is 2.40. The molecule has 23 heavy (non-hydrogen) atoms. The number of sulfonamides is 1. The van der Waals surface area contributed by atoms with Crippen LogP contribution in [0.1, 0.15) is 19.3 Å². The summed E-state index contributed by atoms with van der Waals surface area (Å²) in [5.41, 5.74) is -1.48. The number of hydrogen-bond acceptors (Lipinski definition) is 4. The van der Waals surface area contributed by atoms with E-state index in [1.165, 1.54) is 7.05 Å². The van der Waals surface area contributed by atoms with Crippen LogP contribution in [0.2, 0.25) is 0 Å². The van der Waals surface area contributed by atoms with Gasteiger partial charge in [0.2, 0.25) is 15.9 Å². The quantitative estimate of drug-likeness (QED) is 0.835. The third-order valence-electron chi connectivity index (χ3n) is 3.82. The molecule has 1 fully saturated rings. The van der Waals surface area contributed by atoms with Crippen LogP contribution in [0.5, 0.6) is 0 Å². The lowest BCUT2D eigenvalue weighted by atomic mass is 9.90. The molecule has 1 atom stereocenters. The van der Waals surface area contributed by atoms with Gasteiger partial charge in [-0.05, 0) is 31.0 Å². The largest absolute Gasteiger partial charge is 0.388 e. The number of carbonyl (C=O) groups excluding carboxylic acids is 1. The molecule has 1 aromatic rings. The molecular formula is C14H18F2N2O4S. The number of halogens is 2. The van der Waals surface area contributed by atoms with E-state index in [1.54, 1.807) is 0 Å². The molecule has 6 nitrogen and oxygen atoms in total. The van der Waals surface area contributed by atoms with Crippen LogP contribution in [-0.2, 0) is 14.8 Å². The van der Waals surface area contributed by atoms with Gasteiger partial charge in [0.1, 0.15) is 0 Å². The molecule has 9 heteroatoms. The summed E-state index contributed by atoms with van der Waals surface area (Å²) in [5, 5.41) is 12.8. The van der Waals surface area contributed by atoms with E-state index in [4.69, 9.17) is 0 Å². The van der Waals surface area contributed by atoms with Gasteiger partial charge in [0, 0.05) is 20.1 Å². The number of benzene rings is 1. The van der Waals surface area contributed by atoms with Gasteiger partial charge in [-0.1, -0.05) is 0 Å². The highest BCUT2D eigenvalue weighted by molar-refractivity contribution is 7.89. The first-order valence-corrected chi connectivity index (χ1v) is 8.50. The Bertz CT molecular complexity index is 711. The van der Waals surface area contributed by atoms with Gasteiger partial charge in [-0.25, -0.2) is 17.2 Å². The topological polar surface area (TPSA) is 86.7 Å². The number of amides is 1. The van der Waals surface area contributed by atoms with E-state index in [9.17, 15) is 27.1 Å². The Kier molecular flexibility index (Phi) is 5.02. The zero-order valence-electron chi connectivity index (χ0n) is 12.6. The Morgan fingerprint density at radius 3 is 2.70 bits per heavy atom. The van der Waals surface area contributed by atoms with E-state index in [1.807, 2.05) is 0 Å². The molecule has 0 bridgehead atoms. The molecule has 128 valence electrons. The Balaban J connectivity index is 2.25. The number of β-amino-alcohol motifs (C(OH)–C–C–N with tert-alkyl or cyclic N) is 1. The van der Waals surface area contributed by atoms with Crippen LogP contribution in [0.25, 0.3) is 0 Å². The summed E-state index contributed by atoms with van der Waals surface area (Å²) < 4.78 is 52.3. The third kappa shape index (κ3) is 3.85. The fourth-order valence-electron chi connectivity index (χ4n) is 2.59. The van der Waals surface area contributed by atoms with Crippen molar-refractivity contribution in [1.82, 2.24) is 9.62 Å². The Hall–Kier alpha value is -1.58. The van der Waals surface area contributed by atoms with E-state index in [0.717, 1.165) is 16.4 Å². The maximum atomic E-state index is 13.3. The van der Waals surface area contributed by atoms with Gasteiger partial charge >= 0.3 is 0 Å². The lowest BCUT2D eigenvalue weighted by Gasteiger charge is -2.38. The third-order valence-corrected chi connectivity index (χ3v) is 5.66. The minimum atomic E-state index is -4.08. The summed E-state index contributed by atoms with van der Waals surface area (Å²) in [6.07, 6.45) is 0.411. The Morgan fingerprint density at radius 2 is 2.09 bits per heavy atom. The summed E-state index contributed by atoms with van der Waals surface area (Å²) in [6.45, 7) is -0.140. The Labute approximate surface area is 133 Å². The predicted molar refractivity (Wildman–Crippen MR) is 78.0 cm³/mol. The van der Waals surface area contributed by atoms with Gasteiger partial charge in [-0.2, -0.15) is 4.31 Å². The SMILES string of the molecule is CNC(=O)CC1(O)CCCN(S(=O)(=O)c2ccc(F)c(F)c2)C1. The fraction of sp³-hybridized carbons (Fsp3) is 0.500. The first-order chi connectivity index (χ1) is 10.7. The zero-order chi connectivity index (χ0) is 17.3. The van der Waals surface area contributed by atoms with Gasteiger partial charge in [-0.15, -0.1) is 0 Å². The number of nitrogens with zero attached hydrogens (tertiary/aromatic N) is 1. The standard InChI is InChI=1S/C14H18F2N2O4S/c1-17-13(19)8-14(20)5-2-6-18(9-14)23(21,22)10-3-4-11(15)12(16)7-10/h3-4,7,20H,2,5-6,8-9H2,1H3,(H,17,19). The fourth-order valence-corrected chi connectivity index (χ4v) is 4.16. The number of aliphatic hydroxyl groups is 1. The van der Waals surface area contributed by atoms with Gasteiger partial charge in [0.15, 0.2) is 11.6 Å². The maximum absolute atomic E-state index is 13.3. The van der Waals surface area contributed by atoms with Crippen LogP contribution in [-0.4, -0.2) is 49.5 Å². The van der Waals surface area contributed by atoms with Crippen LogP contribution in [0, 0.1) is 11.6 Å². The average molecular weight is 348 g/mol. The molecule has 0 radical (unpaired) electrons.